The minimum absolute atomic E-state index is 0.0487. The van der Waals surface area contributed by atoms with Crippen LogP contribution >= 0.6 is 0 Å². The van der Waals surface area contributed by atoms with Gasteiger partial charge < -0.3 is 0 Å². The van der Waals surface area contributed by atoms with Gasteiger partial charge in [-0.25, -0.2) is 0 Å². The summed E-state index contributed by atoms with van der Waals surface area (Å²) in [5.41, 5.74) is 3.64. The van der Waals surface area contributed by atoms with Crippen LogP contribution in [0.5, 0.6) is 0 Å². The van der Waals surface area contributed by atoms with Gasteiger partial charge in [0.15, 0.2) is 5.78 Å². The SMILES string of the molecule is C[C@]12C=CC(=O)C=C1CC[C@@H]1[C@@H]2CC[C@]2(C)C(=O)CC[C@@H]12.C[C@]12CC[C@H]3C(=CCC4CCCC[C@@]43C)C1=CC(=O)C2=O. The number of carbonyl (C=O) groups is 4. The molecule has 8 aliphatic carbocycles. The van der Waals surface area contributed by atoms with Crippen LogP contribution in [0.4, 0.5) is 0 Å². The summed E-state index contributed by atoms with van der Waals surface area (Å²) in [5.74, 6) is 3.43. The van der Waals surface area contributed by atoms with Crippen molar-refractivity contribution in [3.8, 4) is 0 Å². The summed E-state index contributed by atoms with van der Waals surface area (Å²) in [6.07, 6.45) is 24.5. The summed E-state index contributed by atoms with van der Waals surface area (Å²) in [5, 5.41) is 0. The zero-order valence-corrected chi connectivity index (χ0v) is 26.1. The van der Waals surface area contributed by atoms with Crippen LogP contribution < -0.4 is 0 Å². The van der Waals surface area contributed by atoms with Crippen molar-refractivity contribution in [2.45, 2.75) is 111 Å². The molecule has 0 saturated heterocycles. The molecular formula is C38H48O4. The van der Waals surface area contributed by atoms with Crippen molar-refractivity contribution in [3.05, 3.63) is 47.1 Å². The Balaban J connectivity index is 0.000000137. The Kier molecular flexibility index (Phi) is 6.47. The average Bonchev–Trinajstić information content (AvgIpc) is 3.40. The topological polar surface area (TPSA) is 68.3 Å². The van der Waals surface area contributed by atoms with E-state index in [1.54, 1.807) is 12.2 Å². The van der Waals surface area contributed by atoms with Crippen molar-refractivity contribution in [1.29, 1.82) is 0 Å². The van der Waals surface area contributed by atoms with E-state index in [1.807, 2.05) is 13.0 Å². The molecule has 4 heteroatoms. The Labute approximate surface area is 251 Å². The number of Topliss-reactive ketones (excluding diaryl/α,β-unsaturated/α-hetero) is 2. The molecule has 0 aromatic rings. The van der Waals surface area contributed by atoms with E-state index in [1.165, 1.54) is 43.3 Å². The molecule has 9 atom stereocenters. The van der Waals surface area contributed by atoms with Crippen LogP contribution in [0.25, 0.3) is 0 Å². The Bertz CT molecular complexity index is 1390. The second kappa shape index (κ2) is 9.57. The number of allylic oxidation sites excluding steroid dienone is 8. The highest BCUT2D eigenvalue weighted by Gasteiger charge is 2.59. The normalized spacial score (nSPS) is 47.0. The van der Waals surface area contributed by atoms with E-state index in [-0.39, 0.29) is 28.2 Å². The van der Waals surface area contributed by atoms with Gasteiger partial charge in [0.25, 0.3) is 0 Å². The third kappa shape index (κ3) is 3.84. The van der Waals surface area contributed by atoms with Crippen LogP contribution in [0.2, 0.25) is 0 Å². The fraction of sp³-hybridized carbons (Fsp3) is 0.684. The molecule has 0 aliphatic heterocycles. The van der Waals surface area contributed by atoms with Crippen molar-refractivity contribution in [2.24, 2.45) is 51.2 Å². The maximum atomic E-state index is 12.3. The molecule has 42 heavy (non-hydrogen) atoms. The van der Waals surface area contributed by atoms with Gasteiger partial charge in [0.1, 0.15) is 5.78 Å². The summed E-state index contributed by atoms with van der Waals surface area (Å²) >= 11 is 0. The molecule has 0 aromatic heterocycles. The summed E-state index contributed by atoms with van der Waals surface area (Å²) in [4.78, 5) is 48.2. The first-order valence-corrected chi connectivity index (χ1v) is 16.9. The smallest absolute Gasteiger partial charge is 0.222 e. The third-order valence-electron chi connectivity index (χ3n) is 14.3. The van der Waals surface area contributed by atoms with Gasteiger partial charge in [-0.15, -0.1) is 0 Å². The molecule has 5 fully saturated rings. The van der Waals surface area contributed by atoms with Gasteiger partial charge in [-0.05, 0) is 136 Å². The molecule has 4 nitrogen and oxygen atoms in total. The van der Waals surface area contributed by atoms with Gasteiger partial charge in [0.2, 0.25) is 11.6 Å². The minimum Gasteiger partial charge on any atom is -0.299 e. The van der Waals surface area contributed by atoms with E-state index >= 15 is 0 Å². The van der Waals surface area contributed by atoms with Gasteiger partial charge in [-0.1, -0.05) is 51.3 Å². The predicted octanol–water partition coefficient (Wildman–Crippen LogP) is 7.87. The lowest BCUT2D eigenvalue weighted by Gasteiger charge is -2.55. The Morgan fingerprint density at radius 1 is 0.786 bits per heavy atom. The maximum absolute atomic E-state index is 12.3. The number of hydrogen-bond donors (Lipinski definition) is 0. The standard InChI is InChI=1S/2C19H24O2/c1-18-9-7-13(20)11-12(18)3-4-14-15-5-6-17(21)19(15,2)10-8-16(14)18;1-18-9-4-3-5-12(18)6-7-13-14(18)8-10-19(2)15(13)11-16(20)17(19)21/h7,9,11,14-16H,3-6,8,10H2,1-2H3;7,11-12,14H,3-6,8-10H2,1-2H3/t14-,15-,16-,18-,19-;12?,14-,18-,19-/m00/s1. The highest BCUT2D eigenvalue weighted by molar-refractivity contribution is 6.47. The van der Waals surface area contributed by atoms with Crippen molar-refractivity contribution < 1.29 is 19.2 Å². The Morgan fingerprint density at radius 2 is 1.60 bits per heavy atom. The van der Waals surface area contributed by atoms with Crippen molar-refractivity contribution in [1.82, 2.24) is 0 Å². The molecule has 0 heterocycles. The number of rotatable bonds is 0. The molecule has 1 unspecified atom stereocenters. The van der Waals surface area contributed by atoms with Crippen LogP contribution in [0, 0.1) is 51.2 Å². The summed E-state index contributed by atoms with van der Waals surface area (Å²) in [7, 11) is 0. The molecule has 0 bridgehead atoms. The molecule has 8 rings (SSSR count). The third-order valence-corrected chi connectivity index (χ3v) is 14.3. The van der Waals surface area contributed by atoms with Gasteiger partial charge in [-0.2, -0.15) is 0 Å². The molecule has 0 amide bonds. The van der Waals surface area contributed by atoms with Gasteiger partial charge in [-0.3, -0.25) is 19.2 Å². The first-order chi connectivity index (χ1) is 19.9. The van der Waals surface area contributed by atoms with Crippen LogP contribution in [-0.4, -0.2) is 23.1 Å². The van der Waals surface area contributed by atoms with E-state index in [4.69, 9.17) is 0 Å². The fourth-order valence-corrected chi connectivity index (χ4v) is 11.6. The summed E-state index contributed by atoms with van der Waals surface area (Å²) in [6, 6.07) is 0. The number of hydrogen-bond acceptors (Lipinski definition) is 4. The fourth-order valence-electron chi connectivity index (χ4n) is 11.6. The van der Waals surface area contributed by atoms with Gasteiger partial charge >= 0.3 is 0 Å². The second-order valence-electron chi connectivity index (χ2n) is 16.0. The quantitative estimate of drug-likeness (QED) is 0.279. The maximum Gasteiger partial charge on any atom is 0.222 e. The molecule has 0 N–H and O–H groups in total. The predicted molar refractivity (Wildman–Crippen MR) is 163 cm³/mol. The largest absolute Gasteiger partial charge is 0.299 e. The molecule has 0 spiro atoms. The van der Waals surface area contributed by atoms with Crippen LogP contribution in [0.1, 0.15) is 111 Å². The van der Waals surface area contributed by atoms with Gasteiger partial charge in [0, 0.05) is 17.3 Å². The van der Waals surface area contributed by atoms with Crippen molar-refractivity contribution in [2.75, 3.05) is 0 Å². The van der Waals surface area contributed by atoms with E-state index in [2.05, 4.69) is 32.9 Å². The van der Waals surface area contributed by atoms with Crippen LogP contribution in [0.3, 0.4) is 0 Å². The Morgan fingerprint density at radius 3 is 2.40 bits per heavy atom. The average molecular weight is 569 g/mol. The van der Waals surface area contributed by atoms with E-state index in [0.29, 0.717) is 34.9 Å². The second-order valence-corrected chi connectivity index (χ2v) is 16.0. The van der Waals surface area contributed by atoms with Crippen molar-refractivity contribution >= 4 is 23.1 Å². The molecule has 0 aromatic carbocycles. The molecule has 224 valence electrons. The highest BCUT2D eigenvalue weighted by atomic mass is 16.2. The molecule has 8 aliphatic rings. The highest BCUT2D eigenvalue weighted by Crippen LogP contribution is 2.64. The van der Waals surface area contributed by atoms with E-state index in [0.717, 1.165) is 62.9 Å². The molecular weight excluding hydrogens is 520 g/mol. The van der Waals surface area contributed by atoms with Gasteiger partial charge in [0.05, 0.1) is 5.41 Å². The first-order valence-electron chi connectivity index (χ1n) is 16.9. The summed E-state index contributed by atoms with van der Waals surface area (Å²) < 4.78 is 0. The Hall–Kier alpha value is -2.36. The number of ketones is 4. The zero-order chi connectivity index (χ0) is 29.7. The van der Waals surface area contributed by atoms with Crippen LogP contribution in [0.15, 0.2) is 47.1 Å². The molecule has 5 saturated carbocycles. The summed E-state index contributed by atoms with van der Waals surface area (Å²) in [6.45, 7) is 8.99. The number of fused-ring (bicyclic) bond motifs is 10. The molecule has 0 radical (unpaired) electrons. The lowest BCUT2D eigenvalue weighted by molar-refractivity contribution is -0.137. The first kappa shape index (κ1) is 28.4. The van der Waals surface area contributed by atoms with Crippen LogP contribution in [-0.2, 0) is 19.2 Å². The van der Waals surface area contributed by atoms with Crippen molar-refractivity contribution in [3.63, 3.8) is 0 Å². The number of carbonyl (C=O) groups excluding carboxylic acids is 4. The zero-order valence-electron chi connectivity index (χ0n) is 26.1. The lowest BCUT2D eigenvalue weighted by atomic mass is 9.48. The lowest BCUT2D eigenvalue weighted by Crippen LogP contribution is -2.49. The monoisotopic (exact) mass is 568 g/mol. The van der Waals surface area contributed by atoms with E-state index < -0.39 is 5.41 Å². The van der Waals surface area contributed by atoms with E-state index in [9.17, 15) is 19.2 Å². The minimum atomic E-state index is -0.517.